The fraction of sp³-hybridized carbons (Fsp3) is 0.417. The Morgan fingerprint density at radius 1 is 1.30 bits per heavy atom. The number of thioether (sulfide) groups is 1. The molecule has 0 radical (unpaired) electrons. The van der Waals surface area contributed by atoms with E-state index in [4.69, 9.17) is 4.74 Å². The van der Waals surface area contributed by atoms with Gasteiger partial charge < -0.3 is 10.1 Å². The van der Waals surface area contributed by atoms with Gasteiger partial charge in [-0.3, -0.25) is 14.2 Å². The van der Waals surface area contributed by atoms with E-state index < -0.39 is 0 Å². The molecule has 0 saturated heterocycles. The van der Waals surface area contributed by atoms with E-state index in [9.17, 15) is 14.4 Å². The van der Waals surface area contributed by atoms with Crippen molar-refractivity contribution in [3.63, 3.8) is 0 Å². The number of hydrogen-bond donors (Lipinski definition) is 1. The highest BCUT2D eigenvalue weighted by atomic mass is 32.2. The number of para-hydroxylation sites is 1. The van der Waals surface area contributed by atoms with Crippen molar-refractivity contribution >= 4 is 50.9 Å². The summed E-state index contributed by atoms with van der Waals surface area (Å²) in [6, 6.07) is 7.15. The third kappa shape index (κ3) is 4.84. The summed E-state index contributed by atoms with van der Waals surface area (Å²) >= 11 is 2.67. The van der Waals surface area contributed by atoms with Crippen LogP contribution in [0.15, 0.2) is 34.2 Å². The van der Waals surface area contributed by atoms with Gasteiger partial charge in [0.05, 0.1) is 28.8 Å². The zero-order valence-corrected chi connectivity index (χ0v) is 20.6. The number of benzene rings is 1. The number of fused-ring (bicyclic) bond motifs is 2. The van der Waals surface area contributed by atoms with Crippen LogP contribution in [-0.2, 0) is 29.4 Å². The molecular weight excluding hydrogens is 458 g/mol. The van der Waals surface area contributed by atoms with E-state index in [1.54, 1.807) is 32.2 Å². The number of hydrogen-bond acceptors (Lipinski definition) is 7. The predicted molar refractivity (Wildman–Crippen MR) is 132 cm³/mol. The second-order valence-electron chi connectivity index (χ2n) is 8.06. The van der Waals surface area contributed by atoms with Gasteiger partial charge in [-0.05, 0) is 49.8 Å². The Morgan fingerprint density at radius 3 is 2.85 bits per heavy atom. The zero-order valence-electron chi connectivity index (χ0n) is 19.0. The first kappa shape index (κ1) is 23.5. The first-order valence-corrected chi connectivity index (χ1v) is 12.9. The van der Waals surface area contributed by atoms with Gasteiger partial charge in [0.15, 0.2) is 5.16 Å². The van der Waals surface area contributed by atoms with Crippen LogP contribution in [0.2, 0.25) is 0 Å². The van der Waals surface area contributed by atoms with E-state index in [2.05, 4.69) is 17.2 Å². The third-order valence-corrected chi connectivity index (χ3v) is 8.15. The number of rotatable bonds is 7. The molecule has 0 aliphatic heterocycles. The second-order valence-corrected chi connectivity index (χ2v) is 10.1. The van der Waals surface area contributed by atoms with Gasteiger partial charge in [0.1, 0.15) is 5.00 Å². The minimum absolute atomic E-state index is 0.0705. The Hall–Kier alpha value is -2.65. The minimum atomic E-state index is -0.383. The van der Waals surface area contributed by atoms with Crippen LogP contribution < -0.4 is 10.9 Å². The Kier molecular flexibility index (Phi) is 7.19. The average Bonchev–Trinajstić information content (AvgIpc) is 3.17. The normalized spacial score (nSPS) is 15.3. The zero-order chi connectivity index (χ0) is 23.5. The van der Waals surface area contributed by atoms with Gasteiger partial charge in [-0.1, -0.05) is 37.2 Å². The summed E-state index contributed by atoms with van der Waals surface area (Å²) in [7, 11) is 1.65. The molecule has 0 bridgehead atoms. The third-order valence-electron chi connectivity index (χ3n) is 5.95. The molecule has 0 fully saturated rings. The number of nitrogens with one attached hydrogen (secondary N) is 1. The van der Waals surface area contributed by atoms with Crippen LogP contribution in [0.3, 0.4) is 0 Å². The van der Waals surface area contributed by atoms with Crippen molar-refractivity contribution < 1.29 is 14.3 Å². The molecule has 1 aromatic carbocycles. The van der Waals surface area contributed by atoms with Crippen molar-refractivity contribution in [2.45, 2.75) is 44.7 Å². The Bertz CT molecular complexity index is 1260. The maximum Gasteiger partial charge on any atom is 0.341 e. The Labute approximate surface area is 200 Å². The van der Waals surface area contributed by atoms with Crippen molar-refractivity contribution in [2.24, 2.45) is 13.0 Å². The largest absolute Gasteiger partial charge is 0.462 e. The summed E-state index contributed by atoms with van der Waals surface area (Å²) in [5.41, 5.74) is 1.97. The van der Waals surface area contributed by atoms with Crippen molar-refractivity contribution in [2.75, 3.05) is 17.7 Å². The molecule has 3 aromatic rings. The summed E-state index contributed by atoms with van der Waals surface area (Å²) in [5, 5.41) is 4.49. The smallest absolute Gasteiger partial charge is 0.341 e. The predicted octanol–water partition coefficient (Wildman–Crippen LogP) is 4.42. The lowest BCUT2D eigenvalue weighted by molar-refractivity contribution is -0.113. The molecule has 0 saturated carbocycles. The molecule has 4 rings (SSSR count). The van der Waals surface area contributed by atoms with Gasteiger partial charge in [-0.2, -0.15) is 0 Å². The monoisotopic (exact) mass is 485 g/mol. The molecule has 2 heterocycles. The summed E-state index contributed by atoms with van der Waals surface area (Å²) in [4.78, 5) is 43.8. The topological polar surface area (TPSA) is 90.3 Å². The number of anilines is 1. The van der Waals surface area contributed by atoms with E-state index >= 15 is 0 Å². The fourth-order valence-electron chi connectivity index (χ4n) is 4.13. The number of aromatic nitrogens is 2. The van der Waals surface area contributed by atoms with Gasteiger partial charge in [0.25, 0.3) is 5.56 Å². The van der Waals surface area contributed by atoms with Crippen LogP contribution in [0, 0.1) is 5.92 Å². The Balaban J connectivity index is 1.54. The maximum atomic E-state index is 12.8. The molecule has 1 atom stereocenters. The van der Waals surface area contributed by atoms with Crippen molar-refractivity contribution in [3.8, 4) is 0 Å². The molecular formula is C24H27N3O4S2. The number of carbonyl (C=O) groups is 2. The molecule has 1 N–H and O–H groups in total. The number of carbonyl (C=O) groups excluding carboxylic acids is 2. The molecule has 33 heavy (non-hydrogen) atoms. The quantitative estimate of drug-likeness (QED) is 0.303. The molecule has 1 aliphatic carbocycles. The van der Waals surface area contributed by atoms with Crippen molar-refractivity contribution in [1.29, 1.82) is 0 Å². The molecule has 0 unspecified atom stereocenters. The highest BCUT2D eigenvalue weighted by Gasteiger charge is 2.29. The molecule has 0 spiro atoms. The fourth-order valence-corrected chi connectivity index (χ4v) is 6.27. The maximum absolute atomic E-state index is 12.8. The second kappa shape index (κ2) is 10.1. The summed E-state index contributed by atoms with van der Waals surface area (Å²) < 4.78 is 6.75. The first-order chi connectivity index (χ1) is 15.9. The molecule has 1 amide bonds. The van der Waals surface area contributed by atoms with E-state index in [-0.39, 0.29) is 29.8 Å². The molecule has 174 valence electrons. The van der Waals surface area contributed by atoms with Crippen LogP contribution in [-0.4, -0.2) is 33.8 Å². The highest BCUT2D eigenvalue weighted by Crippen LogP contribution is 2.41. The summed E-state index contributed by atoms with van der Waals surface area (Å²) in [6.07, 6.45) is 3.89. The van der Waals surface area contributed by atoms with E-state index in [1.807, 2.05) is 6.07 Å². The first-order valence-electron chi connectivity index (χ1n) is 11.1. The number of thiophene rings is 1. The molecule has 9 heteroatoms. The lowest BCUT2D eigenvalue weighted by Crippen LogP contribution is -2.21. The molecule has 2 aromatic heterocycles. The number of nitrogens with zero attached hydrogens (tertiary/aromatic N) is 2. The molecule has 7 nitrogen and oxygen atoms in total. The van der Waals surface area contributed by atoms with E-state index in [1.165, 1.54) is 27.7 Å². The van der Waals surface area contributed by atoms with Crippen LogP contribution in [0.5, 0.6) is 0 Å². The average molecular weight is 486 g/mol. The van der Waals surface area contributed by atoms with Crippen LogP contribution in [0.1, 0.15) is 47.5 Å². The van der Waals surface area contributed by atoms with Crippen molar-refractivity contribution in [3.05, 3.63) is 50.6 Å². The molecule has 1 aliphatic rings. The Morgan fingerprint density at radius 2 is 2.09 bits per heavy atom. The lowest BCUT2D eigenvalue weighted by atomic mass is 9.85. The van der Waals surface area contributed by atoms with Crippen LogP contribution in [0.4, 0.5) is 5.00 Å². The summed E-state index contributed by atoms with van der Waals surface area (Å²) in [5.74, 6) is 0.0387. The van der Waals surface area contributed by atoms with Gasteiger partial charge in [0.2, 0.25) is 5.91 Å². The van der Waals surface area contributed by atoms with Gasteiger partial charge in [0, 0.05) is 11.9 Å². The van der Waals surface area contributed by atoms with Crippen LogP contribution >= 0.6 is 23.1 Å². The standard InChI is InChI=1S/C24H27N3O4S2/c1-4-14-10-11-16-18(12-14)33-21(20(16)23(30)31-5-2)26-19(28)13-32-24-25-17-9-7-6-8-15(17)22(29)27(24)3/h6-9,14H,4-5,10-13H2,1-3H3,(H,26,28)/t14-/m1/s1. The number of esters is 1. The number of amides is 1. The van der Waals surface area contributed by atoms with Gasteiger partial charge in [-0.25, -0.2) is 9.78 Å². The SMILES string of the molecule is CCOC(=O)c1c(NC(=O)CSc2nc3ccccc3c(=O)n2C)sc2c1CC[C@@H](CC)C2. The summed E-state index contributed by atoms with van der Waals surface area (Å²) in [6.45, 7) is 4.25. The van der Waals surface area contributed by atoms with Gasteiger partial charge >= 0.3 is 5.97 Å². The van der Waals surface area contributed by atoms with Crippen LogP contribution in [0.25, 0.3) is 10.9 Å². The van der Waals surface area contributed by atoms with E-state index in [0.29, 0.717) is 32.5 Å². The van der Waals surface area contributed by atoms with Gasteiger partial charge in [-0.15, -0.1) is 11.3 Å². The number of ether oxygens (including phenoxy) is 1. The minimum Gasteiger partial charge on any atom is -0.462 e. The lowest BCUT2D eigenvalue weighted by Gasteiger charge is -2.20. The highest BCUT2D eigenvalue weighted by molar-refractivity contribution is 7.99. The van der Waals surface area contributed by atoms with Crippen molar-refractivity contribution in [1.82, 2.24) is 9.55 Å². The van der Waals surface area contributed by atoms with E-state index in [0.717, 1.165) is 36.1 Å².